The highest BCUT2D eigenvalue weighted by Gasteiger charge is 1.80. The molecule has 0 unspecified atom stereocenters. The molecule has 1 nitrogen and oxygen atoms in total. The summed E-state index contributed by atoms with van der Waals surface area (Å²) >= 11 is 0. The summed E-state index contributed by atoms with van der Waals surface area (Å²) in [4.78, 5) is 0. The fourth-order valence-corrected chi connectivity index (χ4v) is 0.696. The summed E-state index contributed by atoms with van der Waals surface area (Å²) in [6.45, 7) is 0.840. The third-order valence-electron chi connectivity index (χ3n) is 0.881. The molecule has 0 atom stereocenters. The lowest BCUT2D eigenvalue weighted by Gasteiger charge is -1.90. The monoisotopic (exact) mass is 114 g/mol. The van der Waals surface area contributed by atoms with E-state index >= 15 is 0 Å². The predicted octanol–water partition coefficient (Wildman–Crippen LogP) is 0.702. The minimum Gasteiger partial charge on any atom is -0.330 e. The van der Waals surface area contributed by atoms with Gasteiger partial charge >= 0.3 is 0 Å². The number of hydrogen-bond acceptors (Lipinski definition) is 1. The van der Waals surface area contributed by atoms with E-state index < -0.39 is 0 Å². The molecule has 0 bridgehead atoms. The molecular weight excluding hydrogens is 102 g/mol. The van der Waals surface area contributed by atoms with Crippen LogP contribution >= 0.6 is 0 Å². The van der Waals surface area contributed by atoms with Gasteiger partial charge in [0, 0.05) is 10.2 Å². The molecule has 0 aromatic carbocycles. The molecule has 0 fully saturated rings. The van der Waals surface area contributed by atoms with Gasteiger partial charge in [-0.1, -0.05) is 18.9 Å². The second-order valence-electron chi connectivity index (χ2n) is 1.60. The van der Waals surface area contributed by atoms with Gasteiger partial charge in [-0.15, -0.1) is 0 Å². The van der Waals surface area contributed by atoms with Crippen LogP contribution in [0.25, 0.3) is 0 Å². The van der Waals surface area contributed by atoms with Crippen molar-refractivity contribution in [1.29, 1.82) is 0 Å². The van der Waals surface area contributed by atoms with Crippen molar-refractivity contribution in [2.45, 2.75) is 25.3 Å². The van der Waals surface area contributed by atoms with Gasteiger partial charge in [0.05, 0.1) is 0 Å². The largest absolute Gasteiger partial charge is 0.330 e. The van der Waals surface area contributed by atoms with Gasteiger partial charge in [0.25, 0.3) is 0 Å². The van der Waals surface area contributed by atoms with E-state index in [2.05, 4.69) is 10.2 Å². The second-order valence-corrected chi connectivity index (χ2v) is 2.10. The minimum atomic E-state index is 0.840. The quantitative estimate of drug-likeness (QED) is 0.422. The van der Waals surface area contributed by atoms with E-state index in [4.69, 9.17) is 5.73 Å². The number of unbranched alkanes of at least 4 members (excludes halogenated alkanes) is 2. The van der Waals surface area contributed by atoms with E-state index in [1.807, 2.05) is 0 Å². The number of nitrogens with two attached hydrogens (primary N) is 1. The Hall–Kier alpha value is 0.177. The molecule has 3 radical (unpaired) electrons. The topological polar surface area (TPSA) is 26.0 Å². The Morgan fingerprint density at radius 2 is 1.86 bits per heavy atom. The fourth-order valence-electron chi connectivity index (χ4n) is 0.446. The van der Waals surface area contributed by atoms with Gasteiger partial charge in [-0.2, -0.15) is 0 Å². The second kappa shape index (κ2) is 6.18. The van der Waals surface area contributed by atoms with Crippen LogP contribution in [-0.4, -0.2) is 16.8 Å². The molecule has 41 valence electrons. The van der Waals surface area contributed by atoms with Crippen LogP contribution in [0, 0.1) is 0 Å². The van der Waals surface area contributed by atoms with Crippen molar-refractivity contribution in [3.63, 3.8) is 0 Å². The summed E-state index contributed by atoms with van der Waals surface area (Å²) in [6.07, 6.45) is 3.69. The Kier molecular flexibility index (Phi) is 6.33. The highest BCUT2D eigenvalue weighted by atomic mass is 28.1. The molecular formula is C5H12NSi. The lowest BCUT2D eigenvalue weighted by molar-refractivity contribution is 0.727. The predicted molar refractivity (Wildman–Crippen MR) is 33.5 cm³/mol. The third-order valence-corrected chi connectivity index (χ3v) is 1.23. The molecule has 0 amide bonds. The minimum absolute atomic E-state index is 0.840. The SMILES string of the molecule is NCCCCC[Si]. The molecule has 2 N–H and O–H groups in total. The summed E-state index contributed by atoms with van der Waals surface area (Å²) in [5, 5.41) is 0. The van der Waals surface area contributed by atoms with E-state index in [9.17, 15) is 0 Å². The van der Waals surface area contributed by atoms with Crippen LogP contribution in [0.4, 0.5) is 0 Å². The smallest absolute Gasteiger partial charge is 0.0222 e. The molecule has 2 heteroatoms. The Labute approximate surface area is 48.7 Å². The first-order valence-corrected chi connectivity index (χ1v) is 3.47. The molecule has 0 aromatic rings. The third kappa shape index (κ3) is 6.18. The molecule has 0 aliphatic carbocycles. The van der Waals surface area contributed by atoms with Gasteiger partial charge in [0.15, 0.2) is 0 Å². The Balaban J connectivity index is 2.45. The van der Waals surface area contributed by atoms with E-state index in [-0.39, 0.29) is 0 Å². The molecule has 7 heavy (non-hydrogen) atoms. The van der Waals surface area contributed by atoms with Crippen molar-refractivity contribution in [2.75, 3.05) is 6.54 Å². The zero-order chi connectivity index (χ0) is 5.54. The summed E-state index contributed by atoms with van der Waals surface area (Å²) in [5.41, 5.74) is 5.25. The average molecular weight is 114 g/mol. The van der Waals surface area contributed by atoms with Crippen LogP contribution in [0.5, 0.6) is 0 Å². The van der Waals surface area contributed by atoms with Gasteiger partial charge in [0.2, 0.25) is 0 Å². The zero-order valence-corrected chi connectivity index (χ0v) is 5.61. The van der Waals surface area contributed by atoms with E-state index in [0.717, 1.165) is 12.6 Å². The Morgan fingerprint density at radius 3 is 2.29 bits per heavy atom. The molecule has 0 aromatic heterocycles. The van der Waals surface area contributed by atoms with E-state index in [1.54, 1.807) is 0 Å². The van der Waals surface area contributed by atoms with Crippen molar-refractivity contribution < 1.29 is 0 Å². The van der Waals surface area contributed by atoms with Gasteiger partial charge in [-0.3, -0.25) is 0 Å². The van der Waals surface area contributed by atoms with Crippen LogP contribution in [0.3, 0.4) is 0 Å². The highest BCUT2D eigenvalue weighted by Crippen LogP contribution is 1.94. The maximum Gasteiger partial charge on any atom is 0.0222 e. The van der Waals surface area contributed by atoms with Crippen molar-refractivity contribution in [1.82, 2.24) is 0 Å². The summed E-state index contributed by atoms with van der Waals surface area (Å²) in [6, 6.07) is 1.11. The number of rotatable bonds is 4. The van der Waals surface area contributed by atoms with Crippen molar-refractivity contribution in [3.05, 3.63) is 0 Å². The normalized spacial score (nSPS) is 9.43. The lowest BCUT2D eigenvalue weighted by atomic mass is 10.2. The Bertz CT molecular complexity index is 27.3. The zero-order valence-electron chi connectivity index (χ0n) is 4.61. The Morgan fingerprint density at radius 1 is 1.14 bits per heavy atom. The molecule has 0 saturated carbocycles. The first-order chi connectivity index (χ1) is 3.41. The summed E-state index contributed by atoms with van der Waals surface area (Å²) in [7, 11) is 3.38. The van der Waals surface area contributed by atoms with Gasteiger partial charge in [-0.05, 0) is 13.0 Å². The molecule has 0 heterocycles. The van der Waals surface area contributed by atoms with Crippen LogP contribution in [0.1, 0.15) is 19.3 Å². The fraction of sp³-hybridized carbons (Fsp3) is 1.00. The maximum absolute atomic E-state index is 5.25. The van der Waals surface area contributed by atoms with Crippen LogP contribution in [-0.2, 0) is 0 Å². The first-order valence-electron chi connectivity index (χ1n) is 2.76. The number of hydrogen-bond donors (Lipinski definition) is 1. The highest BCUT2D eigenvalue weighted by molar-refractivity contribution is 6.08. The maximum atomic E-state index is 5.25. The van der Waals surface area contributed by atoms with E-state index in [0.29, 0.717) is 0 Å². The van der Waals surface area contributed by atoms with Gasteiger partial charge in [-0.25, -0.2) is 0 Å². The summed E-state index contributed by atoms with van der Waals surface area (Å²) in [5.74, 6) is 0. The van der Waals surface area contributed by atoms with Crippen LogP contribution in [0.15, 0.2) is 0 Å². The van der Waals surface area contributed by atoms with Crippen molar-refractivity contribution in [3.8, 4) is 0 Å². The van der Waals surface area contributed by atoms with Gasteiger partial charge in [0.1, 0.15) is 0 Å². The van der Waals surface area contributed by atoms with Crippen LogP contribution < -0.4 is 5.73 Å². The van der Waals surface area contributed by atoms with Gasteiger partial charge < -0.3 is 5.73 Å². The van der Waals surface area contributed by atoms with E-state index in [1.165, 1.54) is 19.3 Å². The van der Waals surface area contributed by atoms with Crippen molar-refractivity contribution in [2.24, 2.45) is 5.73 Å². The molecule has 0 aliphatic rings. The molecule has 0 saturated heterocycles. The average Bonchev–Trinajstić information content (AvgIpc) is 1.69. The molecule has 0 spiro atoms. The standard InChI is InChI=1S/C5H12NSi/c6-4-2-1-3-5-7/h1-6H2. The summed E-state index contributed by atoms with van der Waals surface area (Å²) < 4.78 is 0. The van der Waals surface area contributed by atoms with Crippen molar-refractivity contribution >= 4 is 10.2 Å². The molecule has 0 rings (SSSR count). The first kappa shape index (κ1) is 7.18. The molecule has 0 aliphatic heterocycles. The van der Waals surface area contributed by atoms with Crippen LogP contribution in [0.2, 0.25) is 6.04 Å². The lowest BCUT2D eigenvalue weighted by Crippen LogP contribution is -1.97.